The molecule has 0 unspecified atom stereocenters. The molecule has 0 aliphatic rings. The van der Waals surface area contributed by atoms with Crippen molar-refractivity contribution >= 4 is 29.3 Å². The number of benzene rings is 2. The molecule has 0 radical (unpaired) electrons. The predicted molar refractivity (Wildman–Crippen MR) is 86.7 cm³/mol. The normalized spacial score (nSPS) is 10.7. The van der Waals surface area contributed by atoms with Crippen molar-refractivity contribution in [3.05, 3.63) is 64.7 Å². The van der Waals surface area contributed by atoms with Gasteiger partial charge in [-0.1, -0.05) is 35.9 Å². The van der Waals surface area contributed by atoms with Gasteiger partial charge < -0.3 is 10.1 Å². The monoisotopic (exact) mass is 312 g/mol. The lowest BCUT2D eigenvalue weighted by atomic mass is 10.1. The van der Waals surface area contributed by atoms with Gasteiger partial charge in [-0.15, -0.1) is 0 Å². The number of carbonyl (C=O) groups excluding carboxylic acids is 1. The fourth-order valence-electron chi connectivity index (χ4n) is 1.81. The maximum absolute atomic E-state index is 12.1. The molecule has 0 aliphatic carbocycles. The SMILES string of the molecule is COc1ccc(/C=C(\C#N)C(=O)Nc2ccccc2)cc1Cl. The zero-order valence-electron chi connectivity index (χ0n) is 11.8. The predicted octanol–water partition coefficient (Wildman–Crippen LogP) is 3.89. The molecule has 0 heterocycles. The highest BCUT2D eigenvalue weighted by Gasteiger charge is 2.10. The highest BCUT2D eigenvalue weighted by Crippen LogP contribution is 2.26. The number of amides is 1. The molecule has 0 fully saturated rings. The van der Waals surface area contributed by atoms with Gasteiger partial charge in [0.2, 0.25) is 0 Å². The van der Waals surface area contributed by atoms with Crippen LogP contribution in [-0.4, -0.2) is 13.0 Å². The molecule has 0 saturated carbocycles. The number of hydrogen-bond acceptors (Lipinski definition) is 3. The van der Waals surface area contributed by atoms with E-state index in [1.165, 1.54) is 13.2 Å². The van der Waals surface area contributed by atoms with E-state index >= 15 is 0 Å². The van der Waals surface area contributed by atoms with Crippen molar-refractivity contribution in [3.63, 3.8) is 0 Å². The summed E-state index contributed by atoms with van der Waals surface area (Å²) in [5, 5.41) is 12.2. The Morgan fingerprint density at radius 1 is 1.27 bits per heavy atom. The number of anilines is 1. The number of nitrogens with one attached hydrogen (secondary N) is 1. The van der Waals surface area contributed by atoms with Crippen molar-refractivity contribution in [1.82, 2.24) is 0 Å². The summed E-state index contributed by atoms with van der Waals surface area (Å²) in [5.41, 5.74) is 1.26. The van der Waals surface area contributed by atoms with Gasteiger partial charge in [0.15, 0.2) is 0 Å². The van der Waals surface area contributed by atoms with Gasteiger partial charge in [0.25, 0.3) is 5.91 Å². The standard InChI is InChI=1S/C17H13ClN2O2/c1-22-16-8-7-12(10-15(16)18)9-13(11-19)17(21)20-14-5-3-2-4-6-14/h2-10H,1H3,(H,20,21)/b13-9+. The molecule has 2 rings (SSSR count). The smallest absolute Gasteiger partial charge is 0.266 e. The molecule has 0 saturated heterocycles. The van der Waals surface area contributed by atoms with E-state index in [0.717, 1.165) is 0 Å². The molecule has 22 heavy (non-hydrogen) atoms. The molecule has 1 amide bonds. The van der Waals surface area contributed by atoms with Crippen LogP contribution in [0.3, 0.4) is 0 Å². The van der Waals surface area contributed by atoms with E-state index < -0.39 is 5.91 Å². The molecule has 2 aromatic carbocycles. The van der Waals surface area contributed by atoms with E-state index in [1.54, 1.807) is 42.5 Å². The van der Waals surface area contributed by atoms with E-state index in [0.29, 0.717) is 22.0 Å². The fourth-order valence-corrected chi connectivity index (χ4v) is 2.07. The molecule has 1 N–H and O–H groups in total. The maximum atomic E-state index is 12.1. The summed E-state index contributed by atoms with van der Waals surface area (Å²) in [4.78, 5) is 12.1. The van der Waals surface area contributed by atoms with E-state index in [-0.39, 0.29) is 5.57 Å². The number of halogens is 1. The lowest BCUT2D eigenvalue weighted by molar-refractivity contribution is -0.112. The van der Waals surface area contributed by atoms with E-state index in [9.17, 15) is 4.79 Å². The minimum atomic E-state index is -0.472. The van der Waals surface area contributed by atoms with Crippen LogP contribution in [0.15, 0.2) is 54.1 Å². The Morgan fingerprint density at radius 2 is 2.00 bits per heavy atom. The molecule has 0 aromatic heterocycles. The Bertz CT molecular complexity index is 749. The molecular weight excluding hydrogens is 300 g/mol. The first-order valence-corrected chi connectivity index (χ1v) is 6.83. The molecule has 0 atom stereocenters. The number of ether oxygens (including phenoxy) is 1. The van der Waals surface area contributed by atoms with E-state index in [1.807, 2.05) is 12.1 Å². The third-order valence-electron chi connectivity index (χ3n) is 2.88. The van der Waals surface area contributed by atoms with Crippen molar-refractivity contribution in [2.75, 3.05) is 12.4 Å². The maximum Gasteiger partial charge on any atom is 0.266 e. The molecule has 4 nitrogen and oxygen atoms in total. The molecule has 110 valence electrons. The molecule has 2 aromatic rings. The minimum absolute atomic E-state index is 0.00918. The first-order valence-electron chi connectivity index (χ1n) is 6.46. The van der Waals surface area contributed by atoms with Gasteiger partial charge in [-0.25, -0.2) is 0 Å². The first kappa shape index (κ1) is 15.6. The Labute approximate surface area is 133 Å². The van der Waals surface area contributed by atoms with E-state index in [2.05, 4.69) is 5.32 Å². The Balaban J connectivity index is 2.22. The zero-order valence-corrected chi connectivity index (χ0v) is 12.6. The van der Waals surface area contributed by atoms with Crippen LogP contribution in [0.25, 0.3) is 6.08 Å². The molecule has 5 heteroatoms. The lowest BCUT2D eigenvalue weighted by Crippen LogP contribution is -2.13. The van der Waals surface area contributed by atoms with Crippen molar-refractivity contribution in [2.45, 2.75) is 0 Å². The van der Waals surface area contributed by atoms with Crippen LogP contribution < -0.4 is 10.1 Å². The van der Waals surface area contributed by atoms with Gasteiger partial charge in [-0.3, -0.25) is 4.79 Å². The first-order chi connectivity index (χ1) is 10.6. The highest BCUT2D eigenvalue weighted by atomic mass is 35.5. The summed E-state index contributed by atoms with van der Waals surface area (Å²) in [6, 6.07) is 15.9. The zero-order chi connectivity index (χ0) is 15.9. The summed E-state index contributed by atoms with van der Waals surface area (Å²) in [6.45, 7) is 0. The van der Waals surface area contributed by atoms with Gasteiger partial charge in [-0.2, -0.15) is 5.26 Å². The summed E-state index contributed by atoms with van der Waals surface area (Å²) < 4.78 is 5.06. The quantitative estimate of drug-likeness (QED) is 0.688. The van der Waals surface area contributed by atoms with Gasteiger partial charge >= 0.3 is 0 Å². The van der Waals surface area contributed by atoms with E-state index in [4.69, 9.17) is 21.6 Å². The molecule has 0 spiro atoms. The second-order valence-electron chi connectivity index (χ2n) is 4.38. The number of rotatable bonds is 4. The molecule has 0 bridgehead atoms. The summed E-state index contributed by atoms with van der Waals surface area (Å²) in [7, 11) is 1.52. The topological polar surface area (TPSA) is 62.1 Å². The molecule has 0 aliphatic heterocycles. The van der Waals surface area contributed by atoms with Gasteiger partial charge in [0, 0.05) is 5.69 Å². The van der Waals surface area contributed by atoms with Gasteiger partial charge in [0.1, 0.15) is 17.4 Å². The van der Waals surface area contributed by atoms with Gasteiger partial charge in [0.05, 0.1) is 12.1 Å². The number of para-hydroxylation sites is 1. The summed E-state index contributed by atoms with van der Waals surface area (Å²) in [5.74, 6) is 0.0618. The Hall–Kier alpha value is -2.77. The van der Waals surface area contributed by atoms with Crippen LogP contribution in [0.5, 0.6) is 5.75 Å². The third-order valence-corrected chi connectivity index (χ3v) is 3.18. The highest BCUT2D eigenvalue weighted by molar-refractivity contribution is 6.32. The molecular formula is C17H13ClN2O2. The number of nitrogens with zero attached hydrogens (tertiary/aromatic N) is 1. The summed E-state index contributed by atoms with van der Waals surface area (Å²) in [6.07, 6.45) is 1.48. The van der Waals surface area contributed by atoms with Crippen LogP contribution in [-0.2, 0) is 4.79 Å². The second kappa shape index (κ2) is 7.30. The van der Waals surface area contributed by atoms with Crippen LogP contribution in [0.1, 0.15) is 5.56 Å². The number of methoxy groups -OCH3 is 1. The van der Waals surface area contributed by atoms with Crippen LogP contribution in [0.2, 0.25) is 5.02 Å². The van der Waals surface area contributed by atoms with Crippen LogP contribution >= 0.6 is 11.6 Å². The van der Waals surface area contributed by atoms with Crippen LogP contribution in [0, 0.1) is 11.3 Å². The van der Waals surface area contributed by atoms with Crippen LogP contribution in [0.4, 0.5) is 5.69 Å². The Morgan fingerprint density at radius 3 is 2.59 bits per heavy atom. The number of carbonyl (C=O) groups is 1. The average molecular weight is 313 g/mol. The summed E-state index contributed by atoms with van der Waals surface area (Å²) >= 11 is 6.03. The van der Waals surface area contributed by atoms with Crippen molar-refractivity contribution in [3.8, 4) is 11.8 Å². The second-order valence-corrected chi connectivity index (χ2v) is 4.79. The average Bonchev–Trinajstić information content (AvgIpc) is 2.53. The third kappa shape index (κ3) is 3.87. The largest absolute Gasteiger partial charge is 0.495 e. The lowest BCUT2D eigenvalue weighted by Gasteiger charge is -2.05. The fraction of sp³-hybridized carbons (Fsp3) is 0.0588. The van der Waals surface area contributed by atoms with Crippen molar-refractivity contribution in [1.29, 1.82) is 5.26 Å². The number of hydrogen-bond donors (Lipinski definition) is 1. The van der Waals surface area contributed by atoms with Gasteiger partial charge in [-0.05, 0) is 35.9 Å². The number of nitriles is 1. The van der Waals surface area contributed by atoms with Crippen molar-refractivity contribution in [2.24, 2.45) is 0 Å². The van der Waals surface area contributed by atoms with Crippen molar-refractivity contribution < 1.29 is 9.53 Å². The Kier molecular flexibility index (Phi) is 5.18. The minimum Gasteiger partial charge on any atom is -0.495 e.